The Morgan fingerprint density at radius 2 is 1.64 bits per heavy atom. The van der Waals surface area contributed by atoms with Gasteiger partial charge in [0.1, 0.15) is 0 Å². The van der Waals surface area contributed by atoms with Crippen molar-refractivity contribution >= 4 is 22.5 Å². The summed E-state index contributed by atoms with van der Waals surface area (Å²) in [5, 5.41) is 3.88. The lowest BCUT2D eigenvalue weighted by atomic mass is 10.0. The molecule has 1 N–H and O–H groups in total. The number of amides is 1. The maximum atomic E-state index is 13.1. The van der Waals surface area contributed by atoms with Gasteiger partial charge in [0.05, 0.1) is 16.8 Å². The number of pyridine rings is 1. The van der Waals surface area contributed by atoms with Gasteiger partial charge in [-0.1, -0.05) is 61.5 Å². The van der Waals surface area contributed by atoms with Crippen molar-refractivity contribution in [1.82, 2.24) is 4.98 Å². The lowest BCUT2D eigenvalue weighted by molar-refractivity contribution is 0.102. The largest absolute Gasteiger partial charge is 0.322 e. The summed E-state index contributed by atoms with van der Waals surface area (Å²) in [7, 11) is 0. The van der Waals surface area contributed by atoms with E-state index in [-0.39, 0.29) is 5.91 Å². The van der Waals surface area contributed by atoms with Crippen LogP contribution in [0.4, 0.5) is 5.69 Å². The number of para-hydroxylation sites is 1. The minimum Gasteiger partial charge on any atom is -0.322 e. The molecule has 0 aliphatic rings. The molecule has 1 aromatic heterocycles. The van der Waals surface area contributed by atoms with Crippen LogP contribution >= 0.6 is 0 Å². The Labute approximate surface area is 165 Å². The topological polar surface area (TPSA) is 42.0 Å². The summed E-state index contributed by atoms with van der Waals surface area (Å²) in [5.41, 5.74) is 6.46. The van der Waals surface area contributed by atoms with Gasteiger partial charge in [0.15, 0.2) is 0 Å². The molecule has 0 fully saturated rings. The average molecular weight is 366 g/mol. The highest BCUT2D eigenvalue weighted by molar-refractivity contribution is 6.13. The van der Waals surface area contributed by atoms with Crippen molar-refractivity contribution in [2.24, 2.45) is 0 Å². The number of carbonyl (C=O) groups excluding carboxylic acids is 1. The zero-order valence-electron chi connectivity index (χ0n) is 16.1. The first-order valence-electron chi connectivity index (χ1n) is 9.52. The molecule has 0 atom stereocenters. The molecule has 4 rings (SSSR count). The highest BCUT2D eigenvalue weighted by atomic mass is 16.1. The normalized spacial score (nSPS) is 10.8. The number of hydrogen-bond acceptors (Lipinski definition) is 2. The Morgan fingerprint density at radius 3 is 2.39 bits per heavy atom. The molecule has 0 aliphatic carbocycles. The number of fused-ring (bicyclic) bond motifs is 1. The Bertz CT molecular complexity index is 1150. The molecule has 0 radical (unpaired) electrons. The second-order valence-electron chi connectivity index (χ2n) is 6.89. The lowest BCUT2D eigenvalue weighted by Crippen LogP contribution is -2.13. The maximum absolute atomic E-state index is 13.1. The zero-order valence-corrected chi connectivity index (χ0v) is 16.1. The smallest absolute Gasteiger partial charge is 0.256 e. The first kappa shape index (κ1) is 17.9. The van der Waals surface area contributed by atoms with Crippen LogP contribution in [-0.2, 0) is 6.42 Å². The van der Waals surface area contributed by atoms with Crippen molar-refractivity contribution in [3.63, 3.8) is 0 Å². The third-order valence-electron chi connectivity index (χ3n) is 5.00. The van der Waals surface area contributed by atoms with Gasteiger partial charge in [-0.05, 0) is 48.7 Å². The minimum absolute atomic E-state index is 0.127. The standard InChI is InChI=1S/C25H22N2O/c1-3-18-12-14-19(15-13-18)26-25(28)22-16-24(20-9-5-4-8-17(20)2)27-23-11-7-6-10-21(22)23/h4-16H,3H2,1-2H3,(H,26,28). The van der Waals surface area contributed by atoms with Crippen molar-refractivity contribution in [3.05, 3.63) is 95.6 Å². The number of anilines is 1. The van der Waals surface area contributed by atoms with Crippen LogP contribution in [0.25, 0.3) is 22.2 Å². The number of nitrogens with one attached hydrogen (secondary N) is 1. The molecule has 0 saturated carbocycles. The van der Waals surface area contributed by atoms with Gasteiger partial charge >= 0.3 is 0 Å². The average Bonchev–Trinajstić information content (AvgIpc) is 2.74. The molecule has 0 spiro atoms. The number of hydrogen-bond donors (Lipinski definition) is 1. The van der Waals surface area contributed by atoms with E-state index in [1.807, 2.05) is 72.8 Å². The fourth-order valence-corrected chi connectivity index (χ4v) is 3.38. The third-order valence-corrected chi connectivity index (χ3v) is 5.00. The van der Waals surface area contributed by atoms with Crippen LogP contribution in [0.3, 0.4) is 0 Å². The van der Waals surface area contributed by atoms with Gasteiger partial charge in [0.2, 0.25) is 0 Å². The SMILES string of the molecule is CCc1ccc(NC(=O)c2cc(-c3ccccc3C)nc3ccccc23)cc1. The number of nitrogens with zero attached hydrogens (tertiary/aromatic N) is 1. The van der Waals surface area contributed by atoms with E-state index in [2.05, 4.69) is 25.2 Å². The maximum Gasteiger partial charge on any atom is 0.256 e. The fourth-order valence-electron chi connectivity index (χ4n) is 3.38. The molecule has 3 aromatic carbocycles. The molecule has 4 aromatic rings. The summed E-state index contributed by atoms with van der Waals surface area (Å²) in [6.45, 7) is 4.17. The number of aromatic nitrogens is 1. The number of aryl methyl sites for hydroxylation is 2. The van der Waals surface area contributed by atoms with E-state index in [1.54, 1.807) is 0 Å². The Morgan fingerprint density at radius 1 is 0.929 bits per heavy atom. The van der Waals surface area contributed by atoms with Crippen LogP contribution in [0.15, 0.2) is 78.9 Å². The fraction of sp³-hybridized carbons (Fsp3) is 0.120. The molecule has 3 heteroatoms. The van der Waals surface area contributed by atoms with Crippen molar-refractivity contribution in [2.75, 3.05) is 5.32 Å². The molecule has 0 unspecified atom stereocenters. The first-order valence-corrected chi connectivity index (χ1v) is 9.52. The summed E-state index contributed by atoms with van der Waals surface area (Å²) >= 11 is 0. The van der Waals surface area contributed by atoms with Gasteiger partial charge in [-0.2, -0.15) is 0 Å². The lowest BCUT2D eigenvalue weighted by Gasteiger charge is -2.12. The molecule has 3 nitrogen and oxygen atoms in total. The van der Waals surface area contributed by atoms with Gasteiger partial charge < -0.3 is 5.32 Å². The van der Waals surface area contributed by atoms with E-state index in [0.717, 1.165) is 39.8 Å². The highest BCUT2D eigenvalue weighted by Gasteiger charge is 2.15. The van der Waals surface area contributed by atoms with Gasteiger partial charge in [0.25, 0.3) is 5.91 Å². The summed E-state index contributed by atoms with van der Waals surface area (Å²) in [6.07, 6.45) is 0.975. The molecule has 0 bridgehead atoms. The Hall–Kier alpha value is -3.46. The second kappa shape index (κ2) is 7.65. The summed E-state index contributed by atoms with van der Waals surface area (Å²) < 4.78 is 0. The van der Waals surface area contributed by atoms with Crippen molar-refractivity contribution < 1.29 is 4.79 Å². The van der Waals surface area contributed by atoms with Gasteiger partial charge in [-0.3, -0.25) is 4.79 Å². The number of carbonyl (C=O) groups is 1. The zero-order chi connectivity index (χ0) is 19.5. The Balaban J connectivity index is 1.78. The van der Waals surface area contributed by atoms with Crippen LogP contribution in [-0.4, -0.2) is 10.9 Å². The molecular weight excluding hydrogens is 344 g/mol. The van der Waals surface area contributed by atoms with Gasteiger partial charge in [-0.25, -0.2) is 4.98 Å². The number of benzene rings is 3. The van der Waals surface area contributed by atoms with Crippen molar-refractivity contribution in [3.8, 4) is 11.3 Å². The van der Waals surface area contributed by atoms with Gasteiger partial charge in [0, 0.05) is 16.6 Å². The second-order valence-corrected chi connectivity index (χ2v) is 6.89. The van der Waals surface area contributed by atoms with Crippen LogP contribution in [0.5, 0.6) is 0 Å². The molecule has 0 aliphatic heterocycles. The van der Waals surface area contributed by atoms with Gasteiger partial charge in [-0.15, -0.1) is 0 Å². The van der Waals surface area contributed by atoms with E-state index in [0.29, 0.717) is 5.56 Å². The van der Waals surface area contributed by atoms with E-state index in [4.69, 9.17) is 4.98 Å². The summed E-state index contributed by atoms with van der Waals surface area (Å²) in [6, 6.07) is 25.7. The summed E-state index contributed by atoms with van der Waals surface area (Å²) in [4.78, 5) is 17.9. The number of rotatable bonds is 4. The van der Waals surface area contributed by atoms with E-state index in [1.165, 1.54) is 5.56 Å². The quantitative estimate of drug-likeness (QED) is 0.479. The first-order chi connectivity index (χ1) is 13.7. The van der Waals surface area contributed by atoms with Crippen LogP contribution in [0.2, 0.25) is 0 Å². The predicted molar refractivity (Wildman–Crippen MR) is 116 cm³/mol. The van der Waals surface area contributed by atoms with Crippen molar-refractivity contribution in [1.29, 1.82) is 0 Å². The minimum atomic E-state index is -0.127. The Kier molecular flexibility index (Phi) is 4.90. The monoisotopic (exact) mass is 366 g/mol. The van der Waals surface area contributed by atoms with Crippen LogP contribution in [0.1, 0.15) is 28.4 Å². The predicted octanol–water partition coefficient (Wildman–Crippen LogP) is 6.02. The van der Waals surface area contributed by atoms with Crippen molar-refractivity contribution in [2.45, 2.75) is 20.3 Å². The molecule has 1 heterocycles. The highest BCUT2D eigenvalue weighted by Crippen LogP contribution is 2.27. The van der Waals surface area contributed by atoms with Crippen LogP contribution < -0.4 is 5.32 Å². The van der Waals surface area contributed by atoms with E-state index >= 15 is 0 Å². The molecular formula is C25H22N2O. The molecule has 28 heavy (non-hydrogen) atoms. The molecule has 1 amide bonds. The van der Waals surface area contributed by atoms with Crippen LogP contribution in [0, 0.1) is 6.92 Å². The summed E-state index contributed by atoms with van der Waals surface area (Å²) in [5.74, 6) is -0.127. The van der Waals surface area contributed by atoms with E-state index in [9.17, 15) is 4.79 Å². The molecule has 0 saturated heterocycles. The third kappa shape index (κ3) is 3.52. The van der Waals surface area contributed by atoms with E-state index < -0.39 is 0 Å². The molecule has 138 valence electrons.